The van der Waals surface area contributed by atoms with Crippen molar-refractivity contribution in [2.75, 3.05) is 5.75 Å². The van der Waals surface area contributed by atoms with Gasteiger partial charge in [0.1, 0.15) is 10.7 Å². The van der Waals surface area contributed by atoms with E-state index in [9.17, 15) is 8.42 Å². The van der Waals surface area contributed by atoms with Crippen LogP contribution >= 0.6 is 0 Å². The molecule has 1 aromatic carbocycles. The van der Waals surface area contributed by atoms with Crippen LogP contribution in [0.4, 0.5) is 0 Å². The molecule has 0 fully saturated rings. The summed E-state index contributed by atoms with van der Waals surface area (Å²) in [5, 5.41) is 0. The molecule has 13 heavy (non-hydrogen) atoms. The van der Waals surface area contributed by atoms with Crippen LogP contribution in [-0.4, -0.2) is 14.2 Å². The van der Waals surface area contributed by atoms with E-state index in [0.29, 0.717) is 5.75 Å². The third-order valence-electron chi connectivity index (χ3n) is 1.90. The van der Waals surface area contributed by atoms with Gasteiger partial charge in [-0.15, -0.1) is 0 Å². The van der Waals surface area contributed by atoms with Crippen LogP contribution in [0.1, 0.15) is 18.4 Å². The normalized spacial score (nSPS) is 10.5. The Balaban J connectivity index is 2.20. The molecule has 0 saturated heterocycles. The molecule has 0 heterocycles. The number of rotatable bonds is 5. The first kappa shape index (κ1) is 10.3. The maximum absolute atomic E-state index is 10.2. The molecule has 2 nitrogen and oxygen atoms in total. The Labute approximate surface area is 80.5 Å². The molecule has 3 heteroatoms. The fourth-order valence-corrected chi connectivity index (χ4v) is 1.70. The maximum atomic E-state index is 10.2. The molecule has 0 N–H and O–H groups in total. The third kappa shape index (κ3) is 4.68. The van der Waals surface area contributed by atoms with Gasteiger partial charge in [0.05, 0.1) is 0 Å². The van der Waals surface area contributed by atoms with E-state index < -0.39 is 10.7 Å². The van der Waals surface area contributed by atoms with Crippen molar-refractivity contribution in [3.8, 4) is 0 Å². The van der Waals surface area contributed by atoms with E-state index in [1.807, 2.05) is 18.2 Å². The van der Waals surface area contributed by atoms with E-state index in [0.717, 1.165) is 19.3 Å². The van der Waals surface area contributed by atoms with Gasteiger partial charge in [0.2, 0.25) is 0 Å². The molecule has 0 aromatic heterocycles. The summed E-state index contributed by atoms with van der Waals surface area (Å²) < 4.78 is 20.5. The average molecular weight is 198 g/mol. The highest BCUT2D eigenvalue weighted by Gasteiger charge is 1.92. The lowest BCUT2D eigenvalue weighted by Crippen LogP contribution is -1.90. The lowest BCUT2D eigenvalue weighted by molar-refractivity contribution is 0.610. The van der Waals surface area contributed by atoms with Gasteiger partial charge in [-0.3, -0.25) is 0 Å². The molecule has 72 valence electrons. The molecule has 1 aromatic rings. The van der Waals surface area contributed by atoms with E-state index in [4.69, 9.17) is 0 Å². The smallest absolute Gasteiger partial charge is 0.140 e. The molecule has 0 radical (unpaired) electrons. The summed E-state index contributed by atoms with van der Waals surface area (Å²) in [4.78, 5) is 0. The Morgan fingerprint density at radius 1 is 1.00 bits per heavy atom. The maximum Gasteiger partial charge on any atom is 0.140 e. The minimum atomic E-state index is -2.18. The Morgan fingerprint density at radius 3 is 2.31 bits per heavy atom. The Kier molecular flexibility index (Phi) is 4.54. The molecule has 0 amide bonds. The largest absolute Gasteiger partial charge is 0.232 e. The molecule has 0 unspecified atom stereocenters. The van der Waals surface area contributed by atoms with Crippen molar-refractivity contribution in [1.82, 2.24) is 0 Å². The number of unbranched alkanes of at least 4 members (excludes halogenated alkanes) is 1. The SMILES string of the molecule is O=[SH](=O)CCCCc1ccccc1. The predicted octanol–water partition coefficient (Wildman–Crippen LogP) is 1.62. The summed E-state index contributed by atoms with van der Waals surface area (Å²) in [7, 11) is -2.18. The number of benzene rings is 1. The van der Waals surface area contributed by atoms with Crippen LogP contribution in [-0.2, 0) is 17.1 Å². The average Bonchev–Trinajstić information content (AvgIpc) is 2.14. The molecule has 0 atom stereocenters. The van der Waals surface area contributed by atoms with Gasteiger partial charge in [-0.25, -0.2) is 8.42 Å². The Morgan fingerprint density at radius 2 is 1.69 bits per heavy atom. The van der Waals surface area contributed by atoms with Crippen molar-refractivity contribution in [1.29, 1.82) is 0 Å². The highest BCUT2D eigenvalue weighted by atomic mass is 32.2. The first-order chi connectivity index (χ1) is 6.29. The van der Waals surface area contributed by atoms with Crippen molar-refractivity contribution in [3.63, 3.8) is 0 Å². The minimum absolute atomic E-state index is 0.322. The summed E-state index contributed by atoms with van der Waals surface area (Å²) in [6.07, 6.45) is 2.70. The lowest BCUT2D eigenvalue weighted by Gasteiger charge is -1.98. The number of aryl methyl sites for hydroxylation is 1. The van der Waals surface area contributed by atoms with Gasteiger partial charge < -0.3 is 0 Å². The predicted molar refractivity (Wildman–Crippen MR) is 54.6 cm³/mol. The monoisotopic (exact) mass is 198 g/mol. The summed E-state index contributed by atoms with van der Waals surface area (Å²) in [5.74, 6) is 0.322. The highest BCUT2D eigenvalue weighted by molar-refractivity contribution is 7.72. The van der Waals surface area contributed by atoms with Gasteiger partial charge in [0.25, 0.3) is 0 Å². The molecule has 0 spiro atoms. The van der Waals surface area contributed by atoms with E-state index in [1.165, 1.54) is 5.56 Å². The van der Waals surface area contributed by atoms with Crippen molar-refractivity contribution < 1.29 is 8.42 Å². The fourth-order valence-electron chi connectivity index (χ4n) is 1.21. The molecule has 1 rings (SSSR count). The van der Waals surface area contributed by atoms with Gasteiger partial charge >= 0.3 is 0 Å². The van der Waals surface area contributed by atoms with Gasteiger partial charge in [0, 0.05) is 5.75 Å². The summed E-state index contributed by atoms with van der Waals surface area (Å²) >= 11 is 0. The second-order valence-electron chi connectivity index (χ2n) is 3.00. The molecular weight excluding hydrogens is 184 g/mol. The van der Waals surface area contributed by atoms with Crippen molar-refractivity contribution in [2.24, 2.45) is 0 Å². The third-order valence-corrected chi connectivity index (χ3v) is 2.58. The van der Waals surface area contributed by atoms with Crippen molar-refractivity contribution in [2.45, 2.75) is 19.3 Å². The quantitative estimate of drug-likeness (QED) is 0.576. The van der Waals surface area contributed by atoms with Gasteiger partial charge in [-0.05, 0) is 24.8 Å². The van der Waals surface area contributed by atoms with Crippen molar-refractivity contribution in [3.05, 3.63) is 35.9 Å². The molecule has 0 aliphatic rings. The van der Waals surface area contributed by atoms with Crippen LogP contribution in [0, 0.1) is 0 Å². The second-order valence-corrected chi connectivity index (χ2v) is 4.11. The fraction of sp³-hybridized carbons (Fsp3) is 0.400. The molecule has 0 aliphatic carbocycles. The van der Waals surface area contributed by atoms with E-state index in [-0.39, 0.29) is 0 Å². The first-order valence-electron chi connectivity index (χ1n) is 4.45. The van der Waals surface area contributed by atoms with Crippen LogP contribution in [0.5, 0.6) is 0 Å². The van der Waals surface area contributed by atoms with Crippen LogP contribution < -0.4 is 0 Å². The van der Waals surface area contributed by atoms with E-state index in [2.05, 4.69) is 12.1 Å². The Bertz CT molecular complexity index is 296. The standard InChI is InChI=1S/C10H14O2S/c11-13(12)9-5-4-8-10-6-2-1-3-7-10/h1-3,6-7,13H,4-5,8-9H2. The lowest BCUT2D eigenvalue weighted by atomic mass is 10.1. The summed E-state index contributed by atoms with van der Waals surface area (Å²) in [5.41, 5.74) is 1.28. The van der Waals surface area contributed by atoms with Crippen LogP contribution in [0.3, 0.4) is 0 Å². The number of thiol groups is 1. The highest BCUT2D eigenvalue weighted by Crippen LogP contribution is 2.03. The minimum Gasteiger partial charge on any atom is -0.232 e. The van der Waals surface area contributed by atoms with Gasteiger partial charge in [0.15, 0.2) is 0 Å². The second kappa shape index (κ2) is 5.75. The topological polar surface area (TPSA) is 34.1 Å². The summed E-state index contributed by atoms with van der Waals surface area (Å²) in [6.45, 7) is 0. The molecule has 0 bridgehead atoms. The zero-order valence-electron chi connectivity index (χ0n) is 7.48. The zero-order chi connectivity index (χ0) is 9.52. The van der Waals surface area contributed by atoms with Crippen LogP contribution in [0.2, 0.25) is 0 Å². The van der Waals surface area contributed by atoms with Gasteiger partial charge in [-0.2, -0.15) is 0 Å². The molecular formula is C10H14O2S. The van der Waals surface area contributed by atoms with Crippen LogP contribution in [0.15, 0.2) is 30.3 Å². The van der Waals surface area contributed by atoms with E-state index in [1.54, 1.807) is 0 Å². The first-order valence-corrected chi connectivity index (χ1v) is 5.81. The zero-order valence-corrected chi connectivity index (χ0v) is 8.37. The summed E-state index contributed by atoms with van der Waals surface area (Å²) in [6, 6.07) is 10.1. The van der Waals surface area contributed by atoms with Gasteiger partial charge in [-0.1, -0.05) is 30.3 Å². The molecule has 0 aliphatic heterocycles. The van der Waals surface area contributed by atoms with Crippen LogP contribution in [0.25, 0.3) is 0 Å². The molecule has 0 saturated carbocycles. The number of hydrogen-bond acceptors (Lipinski definition) is 2. The number of hydrogen-bond donors (Lipinski definition) is 1. The van der Waals surface area contributed by atoms with E-state index >= 15 is 0 Å². The van der Waals surface area contributed by atoms with Crippen molar-refractivity contribution >= 4 is 10.7 Å². The Hall–Kier alpha value is -0.830.